The summed E-state index contributed by atoms with van der Waals surface area (Å²) < 4.78 is 11.1. The molecule has 30 heavy (non-hydrogen) atoms. The number of hydrazine groups is 1. The number of fused-ring (bicyclic) bond motifs is 2. The highest BCUT2D eigenvalue weighted by molar-refractivity contribution is 6.07. The molecular weight excluding hydrogens is 390 g/mol. The smallest absolute Gasteiger partial charge is 0.251 e. The Morgan fingerprint density at radius 3 is 2.97 bits per heavy atom. The summed E-state index contributed by atoms with van der Waals surface area (Å²) >= 11 is 0. The van der Waals surface area contributed by atoms with Crippen LogP contribution in [0.25, 0.3) is 0 Å². The van der Waals surface area contributed by atoms with E-state index >= 15 is 0 Å². The summed E-state index contributed by atoms with van der Waals surface area (Å²) in [7, 11) is 0. The highest BCUT2D eigenvalue weighted by Gasteiger charge is 2.38. The molecule has 1 atom stereocenters. The van der Waals surface area contributed by atoms with Gasteiger partial charge < -0.3 is 19.5 Å². The molecule has 2 amide bonds. The van der Waals surface area contributed by atoms with Crippen LogP contribution in [0.3, 0.4) is 0 Å². The predicted octanol–water partition coefficient (Wildman–Crippen LogP) is -0.107. The number of morpholine rings is 1. The summed E-state index contributed by atoms with van der Waals surface area (Å²) in [6, 6.07) is 5.02. The van der Waals surface area contributed by atoms with Crippen molar-refractivity contribution in [3.63, 3.8) is 0 Å². The quantitative estimate of drug-likeness (QED) is 0.506. The molecule has 3 aliphatic heterocycles. The average Bonchev–Trinajstić information content (AvgIpc) is 3.06. The van der Waals surface area contributed by atoms with Crippen molar-refractivity contribution in [1.29, 1.82) is 0 Å². The Morgan fingerprint density at radius 2 is 2.17 bits per heavy atom. The van der Waals surface area contributed by atoms with Gasteiger partial charge in [0, 0.05) is 31.6 Å². The zero-order valence-electron chi connectivity index (χ0n) is 16.8. The fourth-order valence-electron chi connectivity index (χ4n) is 3.68. The number of rotatable bonds is 8. The topological polar surface area (TPSA) is 116 Å². The summed E-state index contributed by atoms with van der Waals surface area (Å²) in [5.41, 5.74) is 4.63. The second-order valence-electron chi connectivity index (χ2n) is 7.48. The zero-order valence-corrected chi connectivity index (χ0v) is 16.8. The largest absolute Gasteiger partial charge is 0.494 e. The molecule has 1 unspecified atom stereocenters. The lowest BCUT2D eigenvalue weighted by Gasteiger charge is -2.27. The number of unbranched alkanes of at least 4 members (excludes halogenated alkanes) is 1. The van der Waals surface area contributed by atoms with Crippen LogP contribution in [-0.2, 0) is 20.9 Å². The van der Waals surface area contributed by atoms with Gasteiger partial charge in [0.2, 0.25) is 11.9 Å². The normalized spacial score (nSPS) is 20.8. The first-order chi connectivity index (χ1) is 14.6. The average molecular weight is 417 g/mol. The molecule has 3 N–H and O–H groups in total. The molecule has 10 nitrogen and oxygen atoms in total. The van der Waals surface area contributed by atoms with Crippen LogP contribution in [0.1, 0.15) is 24.8 Å². The number of nitrogens with one attached hydrogen (secondary N) is 2. The Labute approximate surface area is 174 Å². The van der Waals surface area contributed by atoms with Gasteiger partial charge in [0.15, 0.2) is 0 Å². The zero-order chi connectivity index (χ0) is 20.9. The molecule has 1 aromatic rings. The van der Waals surface area contributed by atoms with Gasteiger partial charge in [-0.1, -0.05) is 0 Å². The highest BCUT2D eigenvalue weighted by atomic mass is 16.5. The summed E-state index contributed by atoms with van der Waals surface area (Å²) in [4.78, 5) is 30.1. The first-order valence-corrected chi connectivity index (χ1v) is 10.3. The summed E-state index contributed by atoms with van der Waals surface area (Å²) in [6.45, 7) is 3.48. The molecule has 3 heterocycles. The molecule has 0 aliphatic carbocycles. The maximum absolute atomic E-state index is 12.0. The summed E-state index contributed by atoms with van der Waals surface area (Å²) in [5.74, 6) is 0.990. The van der Waals surface area contributed by atoms with Crippen molar-refractivity contribution in [3.05, 3.63) is 23.8 Å². The number of hydrogen-bond donors (Lipinski definition) is 3. The second-order valence-corrected chi connectivity index (χ2v) is 7.48. The van der Waals surface area contributed by atoms with Crippen LogP contribution in [0, 0.1) is 0 Å². The number of guanidine groups is 1. The summed E-state index contributed by atoms with van der Waals surface area (Å²) in [6.07, 6.45) is 1.97. The van der Waals surface area contributed by atoms with Crippen molar-refractivity contribution in [2.45, 2.75) is 31.8 Å². The standard InChI is InChI=1S/C20H27N5O5/c26-13-17-19(28)22-20-21-16-5-4-15(11-14(16)12-25(17)20)30-8-2-1-3-18(27)23-24-6-9-29-10-7-24/h4-5,11,17,26H,1-3,6-10,12-13H2,(H,23,27)(H,21,22,28). The minimum Gasteiger partial charge on any atom is -0.494 e. The van der Waals surface area contributed by atoms with Crippen molar-refractivity contribution >= 4 is 23.5 Å². The Hall–Kier alpha value is -2.69. The van der Waals surface area contributed by atoms with E-state index in [0.717, 1.165) is 42.9 Å². The fraction of sp³-hybridized carbons (Fsp3) is 0.550. The lowest BCUT2D eigenvalue weighted by atomic mass is 10.1. The molecule has 4 rings (SSSR count). The van der Waals surface area contributed by atoms with Gasteiger partial charge >= 0.3 is 0 Å². The van der Waals surface area contributed by atoms with Gasteiger partial charge in [0.05, 0.1) is 32.1 Å². The van der Waals surface area contributed by atoms with E-state index in [4.69, 9.17) is 9.47 Å². The number of aliphatic imine (C=N–C) groups is 1. The van der Waals surface area contributed by atoms with Gasteiger partial charge in [0.25, 0.3) is 5.91 Å². The lowest BCUT2D eigenvalue weighted by Crippen LogP contribution is -2.48. The maximum Gasteiger partial charge on any atom is 0.251 e. The number of nitrogens with zero attached hydrogens (tertiary/aromatic N) is 3. The molecule has 10 heteroatoms. The van der Waals surface area contributed by atoms with E-state index in [0.29, 0.717) is 38.7 Å². The molecule has 162 valence electrons. The van der Waals surface area contributed by atoms with E-state index in [9.17, 15) is 14.7 Å². The van der Waals surface area contributed by atoms with Crippen molar-refractivity contribution in [1.82, 2.24) is 20.7 Å². The van der Waals surface area contributed by atoms with Crippen LogP contribution in [-0.4, -0.2) is 78.3 Å². The van der Waals surface area contributed by atoms with Crippen LogP contribution in [0.15, 0.2) is 23.2 Å². The van der Waals surface area contributed by atoms with E-state index in [-0.39, 0.29) is 18.4 Å². The molecular formula is C20H27N5O5. The first kappa shape index (κ1) is 20.6. The van der Waals surface area contributed by atoms with Crippen molar-refractivity contribution in [3.8, 4) is 5.75 Å². The highest BCUT2D eigenvalue weighted by Crippen LogP contribution is 2.31. The SMILES string of the molecule is O=C(CCCCOc1ccc2c(c1)CN1C(=N2)NC(=O)C1CO)NN1CCOCC1. The summed E-state index contributed by atoms with van der Waals surface area (Å²) in [5, 5.41) is 14.1. The van der Waals surface area contributed by atoms with Crippen LogP contribution < -0.4 is 15.5 Å². The molecule has 0 saturated carbocycles. The van der Waals surface area contributed by atoms with Crippen LogP contribution in [0.5, 0.6) is 5.75 Å². The van der Waals surface area contributed by atoms with Gasteiger partial charge in [-0.3, -0.25) is 20.3 Å². The number of carbonyl (C=O) groups is 2. The van der Waals surface area contributed by atoms with Crippen molar-refractivity contribution < 1.29 is 24.2 Å². The predicted molar refractivity (Wildman–Crippen MR) is 108 cm³/mol. The Morgan fingerprint density at radius 1 is 1.33 bits per heavy atom. The van der Waals surface area contributed by atoms with Gasteiger partial charge in [-0.15, -0.1) is 0 Å². The molecule has 0 radical (unpaired) electrons. The van der Waals surface area contributed by atoms with Gasteiger partial charge in [-0.05, 0) is 31.0 Å². The van der Waals surface area contributed by atoms with Crippen molar-refractivity contribution in [2.24, 2.45) is 4.99 Å². The molecule has 2 fully saturated rings. The third kappa shape index (κ3) is 4.72. The minimum atomic E-state index is -0.606. The molecule has 1 aromatic carbocycles. The van der Waals surface area contributed by atoms with E-state index in [2.05, 4.69) is 15.7 Å². The fourth-order valence-corrected chi connectivity index (χ4v) is 3.68. The van der Waals surface area contributed by atoms with E-state index < -0.39 is 6.04 Å². The number of benzene rings is 1. The Kier molecular flexibility index (Phi) is 6.46. The second kappa shape index (κ2) is 9.41. The van der Waals surface area contributed by atoms with Gasteiger partial charge in [0.1, 0.15) is 11.8 Å². The Balaban J connectivity index is 1.21. The monoisotopic (exact) mass is 417 g/mol. The Bertz CT molecular complexity index is 824. The third-order valence-corrected chi connectivity index (χ3v) is 5.34. The molecule has 2 saturated heterocycles. The lowest BCUT2D eigenvalue weighted by molar-refractivity contribution is -0.128. The van der Waals surface area contributed by atoms with Crippen LogP contribution >= 0.6 is 0 Å². The number of aliphatic hydroxyl groups excluding tert-OH is 1. The van der Waals surface area contributed by atoms with Gasteiger partial charge in [-0.2, -0.15) is 0 Å². The van der Waals surface area contributed by atoms with E-state index in [1.165, 1.54) is 0 Å². The maximum atomic E-state index is 12.0. The molecule has 0 bridgehead atoms. The first-order valence-electron chi connectivity index (χ1n) is 10.3. The van der Waals surface area contributed by atoms with Gasteiger partial charge in [-0.25, -0.2) is 10.0 Å². The minimum absolute atomic E-state index is 0.0200. The number of aliphatic hydroxyl groups is 1. The molecule has 0 aromatic heterocycles. The number of ether oxygens (including phenoxy) is 2. The third-order valence-electron chi connectivity index (χ3n) is 5.34. The molecule has 3 aliphatic rings. The van der Waals surface area contributed by atoms with Crippen LogP contribution in [0.2, 0.25) is 0 Å². The van der Waals surface area contributed by atoms with Crippen LogP contribution in [0.4, 0.5) is 5.69 Å². The van der Waals surface area contributed by atoms with Crippen molar-refractivity contribution in [2.75, 3.05) is 39.5 Å². The van der Waals surface area contributed by atoms with E-state index in [1.54, 1.807) is 4.90 Å². The number of carbonyl (C=O) groups excluding carboxylic acids is 2. The number of amides is 2. The molecule has 0 spiro atoms. The van der Waals surface area contributed by atoms with E-state index in [1.807, 2.05) is 23.2 Å². The number of hydrogen-bond acceptors (Lipinski definition) is 8.